The monoisotopic (exact) mass is 485 g/mol. The Morgan fingerprint density at radius 1 is 1.17 bits per heavy atom. The molecule has 36 heavy (non-hydrogen) atoms. The maximum absolute atomic E-state index is 5.99. The van der Waals surface area contributed by atoms with E-state index in [1.54, 1.807) is 0 Å². The maximum atomic E-state index is 5.99. The molecule has 1 aliphatic rings. The second kappa shape index (κ2) is 14.5. The van der Waals surface area contributed by atoms with Crippen LogP contribution in [0.3, 0.4) is 0 Å². The van der Waals surface area contributed by atoms with E-state index in [0.717, 1.165) is 50.3 Å². The first-order valence-electron chi connectivity index (χ1n) is 13.2. The van der Waals surface area contributed by atoms with Crippen LogP contribution in [0.5, 0.6) is 0 Å². The summed E-state index contributed by atoms with van der Waals surface area (Å²) in [5.74, 6) is 1.45. The number of allylic oxidation sites excluding steroid dienone is 6. The molecule has 2 atom stereocenters. The molecule has 0 radical (unpaired) electrons. The van der Waals surface area contributed by atoms with Gasteiger partial charge in [0.1, 0.15) is 5.82 Å². The van der Waals surface area contributed by atoms with Crippen LogP contribution in [-0.4, -0.2) is 23.9 Å². The highest BCUT2D eigenvalue weighted by Gasteiger charge is 2.12. The van der Waals surface area contributed by atoms with Crippen molar-refractivity contribution in [2.24, 2.45) is 16.6 Å². The highest BCUT2D eigenvalue weighted by Crippen LogP contribution is 2.23. The van der Waals surface area contributed by atoms with Gasteiger partial charge in [0.25, 0.3) is 0 Å². The molecule has 5 nitrogen and oxygen atoms in total. The number of benzene rings is 1. The second-order valence-electron chi connectivity index (χ2n) is 9.83. The molecular formula is C31H43N5. The Labute approximate surface area is 217 Å². The predicted molar refractivity (Wildman–Crippen MR) is 154 cm³/mol. The van der Waals surface area contributed by atoms with Crippen molar-refractivity contribution in [3.8, 4) is 0 Å². The summed E-state index contributed by atoms with van der Waals surface area (Å²) in [6, 6.07) is 13.4. The molecule has 1 heterocycles. The third-order valence-corrected chi connectivity index (χ3v) is 6.45. The summed E-state index contributed by atoms with van der Waals surface area (Å²) in [6.45, 7) is 10.4. The van der Waals surface area contributed by atoms with E-state index in [9.17, 15) is 0 Å². The zero-order valence-corrected chi connectivity index (χ0v) is 22.4. The summed E-state index contributed by atoms with van der Waals surface area (Å²) in [4.78, 5) is 9.40. The van der Waals surface area contributed by atoms with Crippen molar-refractivity contribution in [3.05, 3.63) is 94.2 Å². The molecule has 1 aromatic heterocycles. The van der Waals surface area contributed by atoms with E-state index in [4.69, 9.17) is 10.7 Å². The average molecular weight is 486 g/mol. The van der Waals surface area contributed by atoms with Gasteiger partial charge in [-0.25, -0.2) is 4.98 Å². The van der Waals surface area contributed by atoms with Crippen molar-refractivity contribution in [3.63, 3.8) is 0 Å². The van der Waals surface area contributed by atoms with E-state index in [2.05, 4.69) is 97.1 Å². The number of aliphatic imine (C=N–C) groups is 1. The van der Waals surface area contributed by atoms with Gasteiger partial charge in [-0.05, 0) is 85.9 Å². The number of pyridine rings is 1. The van der Waals surface area contributed by atoms with Crippen LogP contribution in [0.1, 0.15) is 62.9 Å². The standard InChI is InChI=1S/C31H43N5/c1-5-23(3)19-33-22-34-20-29-17-30(16-27-11-9-26(10-12-27)15-24(4)32)36-31(18-29)35-21-28-13-7-25(6-2)8-14-28/h5,7-9,11-14,17-19,24,26,34H,6,10,15-16,20-22,32H2,1-4H3,(H,35,36)/b23-5-,33-19-. The van der Waals surface area contributed by atoms with E-state index >= 15 is 0 Å². The molecule has 0 bridgehead atoms. The van der Waals surface area contributed by atoms with Gasteiger partial charge in [-0.3, -0.25) is 10.3 Å². The van der Waals surface area contributed by atoms with Crippen LogP contribution in [0, 0.1) is 5.92 Å². The fourth-order valence-electron chi connectivity index (χ4n) is 4.25. The van der Waals surface area contributed by atoms with Crippen LogP contribution < -0.4 is 16.4 Å². The summed E-state index contributed by atoms with van der Waals surface area (Å²) < 4.78 is 0. The molecule has 2 unspecified atom stereocenters. The molecule has 192 valence electrons. The van der Waals surface area contributed by atoms with Crippen molar-refractivity contribution in [2.45, 2.75) is 72.5 Å². The maximum Gasteiger partial charge on any atom is 0.126 e. The van der Waals surface area contributed by atoms with E-state index in [1.165, 1.54) is 27.8 Å². The van der Waals surface area contributed by atoms with Crippen LogP contribution in [-0.2, 0) is 25.9 Å². The molecule has 1 aliphatic carbocycles. The smallest absolute Gasteiger partial charge is 0.126 e. The molecule has 0 fully saturated rings. The fraction of sp³-hybridized carbons (Fsp3) is 0.419. The van der Waals surface area contributed by atoms with Crippen molar-refractivity contribution < 1.29 is 0 Å². The fourth-order valence-corrected chi connectivity index (χ4v) is 4.25. The van der Waals surface area contributed by atoms with E-state index in [-0.39, 0.29) is 6.04 Å². The average Bonchev–Trinajstić information content (AvgIpc) is 2.88. The van der Waals surface area contributed by atoms with E-state index < -0.39 is 0 Å². The lowest BCUT2D eigenvalue weighted by atomic mass is 9.90. The number of nitrogens with one attached hydrogen (secondary N) is 2. The minimum absolute atomic E-state index is 0.235. The summed E-state index contributed by atoms with van der Waals surface area (Å²) in [5.41, 5.74) is 13.4. The van der Waals surface area contributed by atoms with Gasteiger partial charge < -0.3 is 11.1 Å². The Kier molecular flexibility index (Phi) is 11.1. The molecular weight excluding hydrogens is 442 g/mol. The van der Waals surface area contributed by atoms with Crippen LogP contribution in [0.25, 0.3) is 0 Å². The number of aryl methyl sites for hydroxylation is 1. The topological polar surface area (TPSA) is 75.3 Å². The van der Waals surface area contributed by atoms with Crippen molar-refractivity contribution in [1.29, 1.82) is 0 Å². The van der Waals surface area contributed by atoms with Crippen LogP contribution in [0.15, 0.2) is 76.8 Å². The lowest BCUT2D eigenvalue weighted by Crippen LogP contribution is -2.19. The number of anilines is 1. The third kappa shape index (κ3) is 9.56. The van der Waals surface area contributed by atoms with Crippen LogP contribution in [0.4, 0.5) is 5.82 Å². The van der Waals surface area contributed by atoms with Crippen molar-refractivity contribution in [1.82, 2.24) is 10.3 Å². The Hall–Kier alpha value is -3.02. The first-order chi connectivity index (χ1) is 17.4. The first kappa shape index (κ1) is 27.6. The Bertz CT molecular complexity index is 1080. The van der Waals surface area contributed by atoms with Gasteiger partial charge in [0.15, 0.2) is 0 Å². The molecule has 0 spiro atoms. The normalized spacial score (nSPS) is 16.9. The molecule has 1 aromatic carbocycles. The zero-order valence-electron chi connectivity index (χ0n) is 22.4. The van der Waals surface area contributed by atoms with Gasteiger partial charge in [-0.1, -0.05) is 55.5 Å². The number of nitrogens with two attached hydrogens (primary N) is 1. The quantitative estimate of drug-likeness (QED) is 0.236. The molecule has 0 saturated carbocycles. The Morgan fingerprint density at radius 3 is 2.61 bits per heavy atom. The highest BCUT2D eigenvalue weighted by atomic mass is 15.0. The summed E-state index contributed by atoms with van der Waals surface area (Å²) >= 11 is 0. The third-order valence-electron chi connectivity index (χ3n) is 6.45. The number of rotatable bonds is 13. The SMILES string of the molecule is C/C=C(C)\C=N/CNCc1cc(CC2=CCC(CC(C)N)C=C2)nc(NCc2ccc(CC)cc2)c1. The predicted octanol–water partition coefficient (Wildman–Crippen LogP) is 6.12. The van der Waals surface area contributed by atoms with Gasteiger partial charge in [-0.2, -0.15) is 0 Å². The molecule has 0 saturated heterocycles. The molecule has 0 aliphatic heterocycles. The number of aromatic nitrogens is 1. The van der Waals surface area contributed by atoms with Crippen molar-refractivity contribution in [2.75, 3.05) is 12.0 Å². The van der Waals surface area contributed by atoms with Gasteiger partial charge in [-0.15, -0.1) is 0 Å². The lowest BCUT2D eigenvalue weighted by molar-refractivity contribution is 0.525. The summed E-state index contributed by atoms with van der Waals surface area (Å²) in [6.07, 6.45) is 14.8. The van der Waals surface area contributed by atoms with Crippen LogP contribution in [0.2, 0.25) is 0 Å². The van der Waals surface area contributed by atoms with Crippen molar-refractivity contribution >= 4 is 12.0 Å². The summed E-state index contributed by atoms with van der Waals surface area (Å²) in [7, 11) is 0. The molecule has 3 rings (SSSR count). The minimum Gasteiger partial charge on any atom is -0.366 e. The molecule has 5 heteroatoms. The minimum atomic E-state index is 0.235. The Balaban J connectivity index is 1.68. The highest BCUT2D eigenvalue weighted by molar-refractivity contribution is 5.77. The van der Waals surface area contributed by atoms with Gasteiger partial charge in [0, 0.05) is 37.5 Å². The number of nitrogens with zero attached hydrogens (tertiary/aromatic N) is 2. The number of hydrogen-bond acceptors (Lipinski definition) is 5. The molecule has 4 N–H and O–H groups in total. The first-order valence-corrected chi connectivity index (χ1v) is 13.2. The van der Waals surface area contributed by atoms with Gasteiger partial charge in [0.2, 0.25) is 0 Å². The van der Waals surface area contributed by atoms with E-state index in [1.807, 2.05) is 13.1 Å². The van der Waals surface area contributed by atoms with Gasteiger partial charge >= 0.3 is 0 Å². The summed E-state index contributed by atoms with van der Waals surface area (Å²) in [5, 5.41) is 6.97. The molecule has 2 aromatic rings. The second-order valence-corrected chi connectivity index (χ2v) is 9.83. The van der Waals surface area contributed by atoms with Gasteiger partial charge in [0.05, 0.1) is 6.67 Å². The largest absolute Gasteiger partial charge is 0.366 e. The van der Waals surface area contributed by atoms with E-state index in [0.29, 0.717) is 12.6 Å². The number of hydrogen-bond donors (Lipinski definition) is 3. The van der Waals surface area contributed by atoms with Crippen LogP contribution >= 0.6 is 0 Å². The Morgan fingerprint density at radius 2 is 1.94 bits per heavy atom. The zero-order chi connectivity index (χ0) is 25.8. The lowest BCUT2D eigenvalue weighted by Gasteiger charge is -2.18. The molecule has 0 amide bonds.